The van der Waals surface area contributed by atoms with Crippen LogP contribution in [0.2, 0.25) is 0 Å². The second kappa shape index (κ2) is 3.49. The first-order valence-electron chi connectivity index (χ1n) is 3.98. The van der Waals surface area contributed by atoms with Crippen LogP contribution in [0.1, 0.15) is 10.6 Å². The fraction of sp³-hybridized carbons (Fsp3) is 0. The van der Waals surface area contributed by atoms with E-state index in [1.54, 1.807) is 0 Å². The Morgan fingerprint density at radius 2 is 2.27 bits per heavy atom. The first-order chi connectivity index (χ1) is 7.20. The lowest BCUT2D eigenvalue weighted by Crippen LogP contribution is -1.83. The van der Waals surface area contributed by atoms with E-state index in [-0.39, 0.29) is 11.7 Å². The normalized spacial score (nSPS) is 10.2. The highest BCUT2D eigenvalue weighted by Crippen LogP contribution is 2.23. The van der Waals surface area contributed by atoms with Crippen molar-refractivity contribution in [3.05, 3.63) is 29.8 Å². The number of carbonyl (C=O) groups is 1. The summed E-state index contributed by atoms with van der Waals surface area (Å²) in [6, 6.07) is 3.56. The van der Waals surface area contributed by atoms with E-state index in [0.717, 1.165) is 12.1 Å². The summed E-state index contributed by atoms with van der Waals surface area (Å²) in [7, 11) is 0. The molecule has 0 aliphatic carbocycles. The average molecular weight is 208 g/mol. The van der Waals surface area contributed by atoms with E-state index >= 15 is 0 Å². The van der Waals surface area contributed by atoms with E-state index in [4.69, 9.17) is 9.63 Å². The third kappa shape index (κ3) is 1.69. The van der Waals surface area contributed by atoms with Crippen LogP contribution in [0.25, 0.3) is 11.5 Å². The van der Waals surface area contributed by atoms with E-state index in [9.17, 15) is 9.18 Å². The van der Waals surface area contributed by atoms with Gasteiger partial charge in [-0.1, -0.05) is 5.16 Å². The van der Waals surface area contributed by atoms with Crippen molar-refractivity contribution in [1.82, 2.24) is 10.1 Å². The molecular formula is C9H5FN2O3. The fourth-order valence-electron chi connectivity index (χ4n) is 1.05. The van der Waals surface area contributed by atoms with Crippen LogP contribution in [0.5, 0.6) is 5.75 Å². The molecule has 76 valence electrons. The van der Waals surface area contributed by atoms with Crippen molar-refractivity contribution in [2.45, 2.75) is 0 Å². The van der Waals surface area contributed by atoms with E-state index in [1.807, 2.05) is 0 Å². The smallest absolute Gasteiger partial charge is 0.258 e. The van der Waals surface area contributed by atoms with Gasteiger partial charge in [-0.2, -0.15) is 4.98 Å². The predicted octanol–water partition coefficient (Wildman–Crippen LogP) is 1.39. The third-order valence-corrected chi connectivity index (χ3v) is 1.74. The maximum absolute atomic E-state index is 12.7. The molecule has 0 amide bonds. The zero-order valence-corrected chi connectivity index (χ0v) is 7.35. The number of hydrogen-bond donors (Lipinski definition) is 1. The molecule has 2 rings (SSSR count). The van der Waals surface area contributed by atoms with Gasteiger partial charge >= 0.3 is 0 Å². The summed E-state index contributed by atoms with van der Waals surface area (Å²) in [5, 5.41) is 12.4. The quantitative estimate of drug-likeness (QED) is 0.754. The van der Waals surface area contributed by atoms with E-state index in [0.29, 0.717) is 11.8 Å². The lowest BCUT2D eigenvalue weighted by molar-refractivity contribution is 0.111. The number of aldehydes is 1. The second-order valence-corrected chi connectivity index (χ2v) is 2.74. The Hall–Kier alpha value is -2.24. The first-order valence-corrected chi connectivity index (χ1v) is 3.98. The maximum atomic E-state index is 12.7. The molecule has 1 N–H and O–H groups in total. The van der Waals surface area contributed by atoms with E-state index in [1.165, 1.54) is 6.07 Å². The van der Waals surface area contributed by atoms with Gasteiger partial charge in [0.15, 0.2) is 17.9 Å². The molecule has 6 heteroatoms. The number of benzene rings is 1. The highest BCUT2D eigenvalue weighted by atomic mass is 19.1. The summed E-state index contributed by atoms with van der Waals surface area (Å²) in [5.41, 5.74) is 0.342. The topological polar surface area (TPSA) is 76.2 Å². The zero-order chi connectivity index (χ0) is 10.8. The molecule has 1 aromatic heterocycles. The van der Waals surface area contributed by atoms with Crippen LogP contribution >= 0.6 is 0 Å². The number of aromatic nitrogens is 2. The Balaban J connectivity index is 2.44. The van der Waals surface area contributed by atoms with Crippen molar-refractivity contribution >= 4 is 6.29 Å². The van der Waals surface area contributed by atoms with Gasteiger partial charge in [-0.15, -0.1) is 0 Å². The Labute approximate surface area is 83.2 Å². The average Bonchev–Trinajstić information content (AvgIpc) is 2.70. The van der Waals surface area contributed by atoms with Crippen molar-refractivity contribution in [3.8, 4) is 17.2 Å². The molecule has 0 aliphatic rings. The minimum Gasteiger partial charge on any atom is -0.505 e. The zero-order valence-electron chi connectivity index (χ0n) is 7.35. The molecule has 0 fully saturated rings. The number of carbonyl (C=O) groups excluding carboxylic acids is 1. The highest BCUT2D eigenvalue weighted by molar-refractivity contribution is 5.69. The van der Waals surface area contributed by atoms with Gasteiger partial charge in [-0.05, 0) is 18.2 Å². The SMILES string of the molecule is O=Cc1noc(-c2ccc(F)c(O)c2)n1. The highest BCUT2D eigenvalue weighted by Gasteiger charge is 2.10. The maximum Gasteiger partial charge on any atom is 0.258 e. The standard InChI is InChI=1S/C9H5FN2O3/c10-6-2-1-5(3-7(6)14)9-11-8(4-13)12-15-9/h1-4,14H. The van der Waals surface area contributed by atoms with Crippen LogP contribution in [-0.2, 0) is 0 Å². The predicted molar refractivity (Wildman–Crippen MR) is 46.7 cm³/mol. The van der Waals surface area contributed by atoms with Crippen LogP contribution in [0, 0.1) is 5.82 Å². The molecule has 1 aromatic carbocycles. The largest absolute Gasteiger partial charge is 0.505 e. The van der Waals surface area contributed by atoms with Crippen LogP contribution in [-0.4, -0.2) is 21.5 Å². The van der Waals surface area contributed by atoms with Gasteiger partial charge in [0.1, 0.15) is 0 Å². The summed E-state index contributed by atoms with van der Waals surface area (Å²) in [4.78, 5) is 14.0. The Morgan fingerprint density at radius 3 is 2.87 bits per heavy atom. The molecule has 5 nitrogen and oxygen atoms in total. The number of hydrogen-bond acceptors (Lipinski definition) is 5. The number of phenolic OH excluding ortho intramolecular Hbond substituents is 1. The summed E-state index contributed by atoms with van der Waals surface area (Å²) >= 11 is 0. The van der Waals surface area contributed by atoms with E-state index < -0.39 is 11.6 Å². The van der Waals surface area contributed by atoms with Crippen LogP contribution in [0.15, 0.2) is 22.7 Å². The molecule has 15 heavy (non-hydrogen) atoms. The molecule has 1 heterocycles. The van der Waals surface area contributed by atoms with Crippen molar-refractivity contribution in [2.24, 2.45) is 0 Å². The molecule has 0 atom stereocenters. The van der Waals surface area contributed by atoms with E-state index in [2.05, 4.69) is 10.1 Å². The molecule has 0 bridgehead atoms. The second-order valence-electron chi connectivity index (χ2n) is 2.74. The van der Waals surface area contributed by atoms with Crippen LogP contribution < -0.4 is 0 Å². The number of nitrogens with zero attached hydrogens (tertiary/aromatic N) is 2. The van der Waals surface area contributed by atoms with Crippen LogP contribution in [0.4, 0.5) is 4.39 Å². The van der Waals surface area contributed by atoms with Gasteiger partial charge < -0.3 is 9.63 Å². The molecule has 2 aromatic rings. The monoisotopic (exact) mass is 208 g/mol. The van der Waals surface area contributed by atoms with Gasteiger partial charge in [0.2, 0.25) is 5.82 Å². The number of phenols is 1. The van der Waals surface area contributed by atoms with Gasteiger partial charge in [0, 0.05) is 5.56 Å². The number of rotatable bonds is 2. The van der Waals surface area contributed by atoms with Gasteiger partial charge in [-0.3, -0.25) is 4.79 Å². The number of halogens is 1. The Bertz CT molecular complexity index is 510. The Morgan fingerprint density at radius 1 is 1.47 bits per heavy atom. The van der Waals surface area contributed by atoms with Crippen molar-refractivity contribution in [2.75, 3.05) is 0 Å². The molecule has 0 spiro atoms. The summed E-state index contributed by atoms with van der Waals surface area (Å²) in [6.07, 6.45) is 0.427. The molecule has 0 unspecified atom stereocenters. The lowest BCUT2D eigenvalue weighted by Gasteiger charge is -1.96. The van der Waals surface area contributed by atoms with Gasteiger partial charge in [0.25, 0.3) is 5.89 Å². The summed E-state index contributed by atoms with van der Waals surface area (Å²) in [6.45, 7) is 0. The number of aromatic hydroxyl groups is 1. The minimum atomic E-state index is -0.742. The van der Waals surface area contributed by atoms with Crippen molar-refractivity contribution in [3.63, 3.8) is 0 Å². The minimum absolute atomic E-state index is 0.0485. The third-order valence-electron chi connectivity index (χ3n) is 1.74. The van der Waals surface area contributed by atoms with Crippen LogP contribution in [0.3, 0.4) is 0 Å². The molecule has 0 saturated heterocycles. The van der Waals surface area contributed by atoms with Gasteiger partial charge in [-0.25, -0.2) is 4.39 Å². The van der Waals surface area contributed by atoms with Crippen molar-refractivity contribution in [1.29, 1.82) is 0 Å². The molecule has 0 aliphatic heterocycles. The fourth-order valence-corrected chi connectivity index (χ4v) is 1.05. The summed E-state index contributed by atoms with van der Waals surface area (Å²) in [5.74, 6) is -1.31. The Kier molecular flexibility index (Phi) is 2.17. The molecular weight excluding hydrogens is 203 g/mol. The molecule has 0 saturated carbocycles. The van der Waals surface area contributed by atoms with Crippen molar-refractivity contribution < 1.29 is 18.8 Å². The summed E-state index contributed by atoms with van der Waals surface area (Å²) < 4.78 is 17.4. The lowest BCUT2D eigenvalue weighted by atomic mass is 10.2. The molecule has 0 radical (unpaired) electrons. The first kappa shape index (κ1) is 9.32. The van der Waals surface area contributed by atoms with Gasteiger partial charge in [0.05, 0.1) is 0 Å².